The van der Waals surface area contributed by atoms with Gasteiger partial charge in [0.1, 0.15) is 18.4 Å². The van der Waals surface area contributed by atoms with E-state index in [-0.39, 0.29) is 6.61 Å². The molecular weight excluding hydrogens is 446 g/mol. The molecule has 2 N–H and O–H groups in total. The minimum atomic E-state index is -1.04. The SMILES string of the molecule is COc1ccc(N2CCC(NCCNC(=O)N3C(=O)OCC3c3ccc(F)c(F)c3)CC2)cc1. The van der Waals surface area contributed by atoms with Crippen molar-refractivity contribution in [3.05, 3.63) is 59.7 Å². The molecule has 2 aliphatic heterocycles. The first-order valence-electron chi connectivity index (χ1n) is 11.3. The highest BCUT2D eigenvalue weighted by Crippen LogP contribution is 2.28. The molecule has 2 fully saturated rings. The highest BCUT2D eigenvalue weighted by Gasteiger charge is 2.39. The molecule has 0 aromatic heterocycles. The number of benzene rings is 2. The molecule has 4 rings (SSSR count). The minimum absolute atomic E-state index is 0.109. The first kappa shape index (κ1) is 23.7. The fraction of sp³-hybridized carbons (Fsp3) is 0.417. The number of nitrogens with zero attached hydrogens (tertiary/aromatic N) is 2. The molecule has 2 aromatic rings. The minimum Gasteiger partial charge on any atom is -0.497 e. The number of carbonyl (C=O) groups is 2. The van der Waals surface area contributed by atoms with Crippen molar-refractivity contribution in [2.45, 2.75) is 24.9 Å². The number of rotatable bonds is 7. The predicted molar refractivity (Wildman–Crippen MR) is 122 cm³/mol. The molecule has 2 aromatic carbocycles. The highest BCUT2D eigenvalue weighted by molar-refractivity contribution is 5.92. The molecule has 1 unspecified atom stereocenters. The maximum Gasteiger partial charge on any atom is 0.418 e. The lowest BCUT2D eigenvalue weighted by Crippen LogP contribution is -2.47. The van der Waals surface area contributed by atoms with Crippen LogP contribution in [-0.4, -0.2) is 63.0 Å². The Morgan fingerprint density at radius 3 is 2.50 bits per heavy atom. The Labute approximate surface area is 196 Å². The maximum atomic E-state index is 13.6. The summed E-state index contributed by atoms with van der Waals surface area (Å²) in [6.45, 7) is 2.59. The molecule has 182 valence electrons. The number of ether oxygens (including phenoxy) is 2. The molecule has 0 radical (unpaired) electrons. The zero-order valence-corrected chi connectivity index (χ0v) is 18.9. The quantitative estimate of drug-likeness (QED) is 0.599. The fourth-order valence-corrected chi connectivity index (χ4v) is 4.28. The molecule has 2 heterocycles. The number of hydrogen-bond donors (Lipinski definition) is 2. The molecule has 3 amide bonds. The van der Waals surface area contributed by atoms with Crippen LogP contribution in [0.15, 0.2) is 42.5 Å². The standard InChI is InChI=1S/C24H28F2N4O4/c1-33-19-5-3-18(4-6-19)29-12-8-17(9-13-29)27-10-11-28-23(31)30-22(15-34-24(30)32)16-2-7-20(25)21(26)14-16/h2-7,14,17,22,27H,8-13,15H2,1H3,(H,28,31). The van der Waals surface area contributed by atoms with Crippen molar-refractivity contribution in [2.24, 2.45) is 0 Å². The monoisotopic (exact) mass is 474 g/mol. The van der Waals surface area contributed by atoms with Gasteiger partial charge in [0.15, 0.2) is 11.6 Å². The molecule has 2 saturated heterocycles. The highest BCUT2D eigenvalue weighted by atomic mass is 19.2. The molecule has 34 heavy (non-hydrogen) atoms. The van der Waals surface area contributed by atoms with Gasteiger partial charge in [0.2, 0.25) is 0 Å². The zero-order chi connectivity index (χ0) is 24.1. The van der Waals surface area contributed by atoms with Gasteiger partial charge in [-0.15, -0.1) is 0 Å². The summed E-state index contributed by atoms with van der Waals surface area (Å²) in [6.07, 6.45) is 1.12. The molecule has 0 aliphatic carbocycles. The number of carbonyl (C=O) groups excluding carboxylic acids is 2. The van der Waals surface area contributed by atoms with Crippen molar-refractivity contribution in [1.29, 1.82) is 0 Å². The summed E-state index contributed by atoms with van der Waals surface area (Å²) in [4.78, 5) is 27.9. The van der Waals surface area contributed by atoms with Gasteiger partial charge in [0.25, 0.3) is 0 Å². The lowest BCUT2D eigenvalue weighted by Gasteiger charge is -2.34. The van der Waals surface area contributed by atoms with E-state index < -0.39 is 29.8 Å². The lowest BCUT2D eigenvalue weighted by atomic mass is 10.0. The summed E-state index contributed by atoms with van der Waals surface area (Å²) in [5, 5.41) is 6.14. The third kappa shape index (κ3) is 5.39. The molecule has 0 saturated carbocycles. The third-order valence-electron chi connectivity index (χ3n) is 6.19. The van der Waals surface area contributed by atoms with Crippen molar-refractivity contribution in [3.8, 4) is 5.75 Å². The Bertz CT molecular complexity index is 1010. The lowest BCUT2D eigenvalue weighted by molar-refractivity contribution is 0.158. The van der Waals surface area contributed by atoms with Gasteiger partial charge in [-0.25, -0.2) is 23.3 Å². The van der Waals surface area contributed by atoms with Gasteiger partial charge in [0, 0.05) is 37.9 Å². The Kier molecular flexibility index (Phi) is 7.46. The summed E-state index contributed by atoms with van der Waals surface area (Å²) in [7, 11) is 1.65. The van der Waals surface area contributed by atoms with Crippen LogP contribution in [0.5, 0.6) is 5.75 Å². The van der Waals surface area contributed by atoms with Crippen LogP contribution >= 0.6 is 0 Å². The first-order chi connectivity index (χ1) is 16.5. The van der Waals surface area contributed by atoms with Crippen molar-refractivity contribution in [1.82, 2.24) is 15.5 Å². The molecule has 0 bridgehead atoms. The van der Waals surface area contributed by atoms with Crippen LogP contribution in [0.3, 0.4) is 0 Å². The summed E-state index contributed by atoms with van der Waals surface area (Å²) >= 11 is 0. The summed E-state index contributed by atoms with van der Waals surface area (Å²) in [5.74, 6) is -1.20. The normalized spacial score (nSPS) is 18.7. The van der Waals surface area contributed by atoms with Gasteiger partial charge in [-0.2, -0.15) is 0 Å². The second kappa shape index (κ2) is 10.7. The van der Waals surface area contributed by atoms with Gasteiger partial charge in [-0.3, -0.25) is 0 Å². The number of cyclic esters (lactones) is 1. The van der Waals surface area contributed by atoms with E-state index in [0.717, 1.165) is 48.7 Å². The molecule has 8 nitrogen and oxygen atoms in total. The van der Waals surface area contributed by atoms with Gasteiger partial charge in [-0.05, 0) is 54.8 Å². The molecular formula is C24H28F2N4O4. The number of anilines is 1. The van der Waals surface area contributed by atoms with Crippen LogP contribution in [-0.2, 0) is 4.74 Å². The topological polar surface area (TPSA) is 83.1 Å². The van der Waals surface area contributed by atoms with Crippen molar-refractivity contribution < 1.29 is 27.8 Å². The van der Waals surface area contributed by atoms with Gasteiger partial charge in [0.05, 0.1) is 7.11 Å². The van der Waals surface area contributed by atoms with Crippen molar-refractivity contribution >= 4 is 17.8 Å². The summed E-state index contributed by atoms with van der Waals surface area (Å²) in [5.41, 5.74) is 1.46. The Morgan fingerprint density at radius 1 is 1.09 bits per heavy atom. The van der Waals surface area contributed by atoms with Gasteiger partial charge < -0.3 is 25.0 Å². The largest absolute Gasteiger partial charge is 0.497 e. The van der Waals surface area contributed by atoms with E-state index in [9.17, 15) is 18.4 Å². The number of amides is 3. The second-order valence-electron chi connectivity index (χ2n) is 8.28. The van der Waals surface area contributed by atoms with Crippen LogP contribution in [0, 0.1) is 11.6 Å². The maximum absolute atomic E-state index is 13.6. The van der Waals surface area contributed by atoms with Gasteiger partial charge in [-0.1, -0.05) is 6.07 Å². The Hall–Kier alpha value is -3.40. The van der Waals surface area contributed by atoms with Crippen LogP contribution in [0.1, 0.15) is 24.4 Å². The van der Waals surface area contributed by atoms with Crippen LogP contribution in [0.25, 0.3) is 0 Å². The molecule has 2 aliphatic rings. The molecule has 0 spiro atoms. The Balaban J connectivity index is 1.21. The smallest absolute Gasteiger partial charge is 0.418 e. The number of piperidine rings is 1. The number of urea groups is 1. The summed E-state index contributed by atoms with van der Waals surface area (Å²) < 4.78 is 37.0. The summed E-state index contributed by atoms with van der Waals surface area (Å²) in [6, 6.07) is 10.2. The van der Waals surface area contributed by atoms with Crippen molar-refractivity contribution in [2.75, 3.05) is 44.8 Å². The van der Waals surface area contributed by atoms with Crippen molar-refractivity contribution in [3.63, 3.8) is 0 Å². The van der Waals surface area contributed by atoms with E-state index in [1.165, 1.54) is 11.8 Å². The van der Waals surface area contributed by atoms with E-state index >= 15 is 0 Å². The van der Waals surface area contributed by atoms with E-state index in [1.807, 2.05) is 12.1 Å². The predicted octanol–water partition coefficient (Wildman–Crippen LogP) is 3.43. The first-order valence-corrected chi connectivity index (χ1v) is 11.3. The number of hydrogen-bond acceptors (Lipinski definition) is 6. The van der Waals surface area contributed by atoms with E-state index in [2.05, 4.69) is 27.7 Å². The van der Waals surface area contributed by atoms with E-state index in [4.69, 9.17) is 9.47 Å². The number of imide groups is 1. The molecule has 10 heteroatoms. The van der Waals surface area contributed by atoms with Gasteiger partial charge >= 0.3 is 12.1 Å². The Morgan fingerprint density at radius 2 is 1.82 bits per heavy atom. The zero-order valence-electron chi connectivity index (χ0n) is 18.9. The third-order valence-corrected chi connectivity index (χ3v) is 6.19. The number of nitrogens with one attached hydrogen (secondary N) is 2. The van der Waals surface area contributed by atoms with Crippen LogP contribution in [0.2, 0.25) is 0 Å². The van der Waals surface area contributed by atoms with E-state index in [1.54, 1.807) is 7.11 Å². The average molecular weight is 475 g/mol. The molecule has 1 atom stereocenters. The second-order valence-corrected chi connectivity index (χ2v) is 8.28. The fourth-order valence-electron chi connectivity index (χ4n) is 4.28. The average Bonchev–Trinajstić information content (AvgIpc) is 3.25. The van der Waals surface area contributed by atoms with Crippen LogP contribution < -0.4 is 20.3 Å². The van der Waals surface area contributed by atoms with Crippen LogP contribution in [0.4, 0.5) is 24.1 Å². The number of halogens is 2. The van der Waals surface area contributed by atoms with E-state index in [0.29, 0.717) is 24.7 Å². The number of methoxy groups -OCH3 is 1.